The van der Waals surface area contributed by atoms with Gasteiger partial charge in [-0.05, 0) is 36.0 Å². The van der Waals surface area contributed by atoms with Crippen molar-refractivity contribution in [2.24, 2.45) is 11.8 Å². The highest BCUT2D eigenvalue weighted by Gasteiger charge is 2.20. The van der Waals surface area contributed by atoms with Gasteiger partial charge in [-0.2, -0.15) is 0 Å². The summed E-state index contributed by atoms with van der Waals surface area (Å²) in [5.74, 6) is 0.599. The summed E-state index contributed by atoms with van der Waals surface area (Å²) in [5, 5.41) is 0.771. The molecule has 0 radical (unpaired) electrons. The van der Waals surface area contributed by atoms with Crippen LogP contribution >= 0.6 is 11.6 Å². The van der Waals surface area contributed by atoms with Crippen LogP contribution in [0.4, 0.5) is 0 Å². The van der Waals surface area contributed by atoms with E-state index in [1.54, 1.807) is 0 Å². The number of aldehydes is 1. The Kier molecular flexibility index (Phi) is 3.45. The number of allylic oxidation sites excluding steroid dienone is 2. The monoisotopic (exact) mass is 234 g/mol. The van der Waals surface area contributed by atoms with E-state index < -0.39 is 0 Å². The maximum Gasteiger partial charge on any atom is 0.126 e. The molecule has 0 amide bonds. The summed E-state index contributed by atoms with van der Waals surface area (Å²) in [6.45, 7) is 2.18. The molecule has 0 spiro atoms. The second-order valence-corrected chi connectivity index (χ2v) is 4.92. The van der Waals surface area contributed by atoms with E-state index in [4.69, 9.17) is 11.6 Å². The number of rotatable bonds is 2. The van der Waals surface area contributed by atoms with Crippen LogP contribution in [0, 0.1) is 11.8 Å². The molecule has 16 heavy (non-hydrogen) atoms. The van der Waals surface area contributed by atoms with Gasteiger partial charge in [0.25, 0.3) is 0 Å². The number of hydrogen-bond donors (Lipinski definition) is 0. The molecule has 2 rings (SSSR count). The summed E-state index contributed by atoms with van der Waals surface area (Å²) in [4.78, 5) is 10.9. The zero-order valence-electron chi connectivity index (χ0n) is 9.32. The van der Waals surface area contributed by atoms with Crippen LogP contribution in [-0.2, 0) is 4.79 Å². The van der Waals surface area contributed by atoms with Gasteiger partial charge >= 0.3 is 0 Å². The molecule has 1 aromatic carbocycles. The Hall–Kier alpha value is -1.08. The van der Waals surface area contributed by atoms with Gasteiger partial charge in [0.1, 0.15) is 6.29 Å². The third-order valence-corrected chi connectivity index (χ3v) is 3.38. The SMILES string of the molecule is CC1CC(c2ccccc2Cl)=CC(C=O)C1. The molecule has 1 aliphatic rings. The van der Waals surface area contributed by atoms with Crippen LogP contribution in [0.2, 0.25) is 5.02 Å². The van der Waals surface area contributed by atoms with E-state index in [2.05, 4.69) is 13.0 Å². The van der Waals surface area contributed by atoms with Crippen molar-refractivity contribution in [3.63, 3.8) is 0 Å². The number of halogens is 1. The molecule has 0 heterocycles. The maximum absolute atomic E-state index is 10.9. The van der Waals surface area contributed by atoms with E-state index >= 15 is 0 Å². The summed E-state index contributed by atoms with van der Waals surface area (Å²) < 4.78 is 0. The Morgan fingerprint density at radius 3 is 2.81 bits per heavy atom. The normalized spacial score (nSPS) is 25.0. The Labute approximate surface area is 101 Å². The van der Waals surface area contributed by atoms with Gasteiger partial charge in [-0.25, -0.2) is 0 Å². The van der Waals surface area contributed by atoms with Crippen LogP contribution in [0.15, 0.2) is 30.3 Å². The Morgan fingerprint density at radius 1 is 1.38 bits per heavy atom. The van der Waals surface area contributed by atoms with Crippen molar-refractivity contribution < 1.29 is 4.79 Å². The van der Waals surface area contributed by atoms with Crippen molar-refractivity contribution in [1.29, 1.82) is 0 Å². The van der Waals surface area contributed by atoms with Gasteiger partial charge in [-0.1, -0.05) is 42.8 Å². The van der Waals surface area contributed by atoms with Gasteiger partial charge in [0.2, 0.25) is 0 Å². The van der Waals surface area contributed by atoms with Crippen molar-refractivity contribution in [2.45, 2.75) is 19.8 Å². The third kappa shape index (κ3) is 2.35. The maximum atomic E-state index is 10.9. The van der Waals surface area contributed by atoms with Gasteiger partial charge < -0.3 is 4.79 Å². The standard InChI is InChI=1S/C14H15ClO/c1-10-6-11(9-16)8-12(7-10)13-4-2-3-5-14(13)15/h2-5,8-11H,6-7H2,1H3. The Bertz CT molecular complexity index is 422. The molecular weight excluding hydrogens is 220 g/mol. The fourth-order valence-electron chi connectivity index (χ4n) is 2.33. The fraction of sp³-hybridized carbons (Fsp3) is 0.357. The predicted molar refractivity (Wildman–Crippen MR) is 67.4 cm³/mol. The van der Waals surface area contributed by atoms with Gasteiger partial charge in [-0.3, -0.25) is 0 Å². The minimum Gasteiger partial charge on any atom is -0.303 e. The molecule has 0 saturated carbocycles. The number of benzene rings is 1. The van der Waals surface area contributed by atoms with Crippen LogP contribution in [-0.4, -0.2) is 6.29 Å². The topological polar surface area (TPSA) is 17.1 Å². The minimum atomic E-state index is 0.0509. The molecule has 0 aromatic heterocycles. The van der Waals surface area contributed by atoms with Crippen LogP contribution < -0.4 is 0 Å². The first-order chi connectivity index (χ1) is 7.70. The van der Waals surface area contributed by atoms with Crippen molar-refractivity contribution in [2.75, 3.05) is 0 Å². The van der Waals surface area contributed by atoms with E-state index in [0.29, 0.717) is 5.92 Å². The van der Waals surface area contributed by atoms with Crippen LogP contribution in [0.5, 0.6) is 0 Å². The van der Waals surface area contributed by atoms with Crippen molar-refractivity contribution >= 4 is 23.5 Å². The third-order valence-electron chi connectivity index (χ3n) is 3.05. The molecular formula is C14H15ClO. The second kappa shape index (κ2) is 4.84. The zero-order chi connectivity index (χ0) is 11.5. The number of hydrogen-bond acceptors (Lipinski definition) is 1. The lowest BCUT2D eigenvalue weighted by Crippen LogP contribution is -2.12. The molecule has 2 heteroatoms. The predicted octanol–water partition coefficient (Wildman–Crippen LogP) is 3.97. The van der Waals surface area contributed by atoms with Crippen LogP contribution in [0.3, 0.4) is 0 Å². The molecule has 0 N–H and O–H groups in total. The average molecular weight is 235 g/mol. The molecule has 0 bridgehead atoms. The lowest BCUT2D eigenvalue weighted by molar-refractivity contribution is -0.110. The van der Waals surface area contributed by atoms with Gasteiger partial charge in [0, 0.05) is 10.9 Å². The fourth-order valence-corrected chi connectivity index (χ4v) is 2.59. The van der Waals surface area contributed by atoms with E-state index in [9.17, 15) is 4.79 Å². The highest BCUT2D eigenvalue weighted by Crippen LogP contribution is 2.35. The Morgan fingerprint density at radius 2 is 2.12 bits per heavy atom. The summed E-state index contributed by atoms with van der Waals surface area (Å²) in [6.07, 6.45) is 5.06. The van der Waals surface area contributed by atoms with Crippen molar-refractivity contribution in [1.82, 2.24) is 0 Å². The summed E-state index contributed by atoms with van der Waals surface area (Å²) in [6, 6.07) is 7.83. The number of carbonyl (C=O) groups is 1. The molecule has 2 unspecified atom stereocenters. The van der Waals surface area contributed by atoms with Crippen LogP contribution in [0.1, 0.15) is 25.3 Å². The molecule has 0 fully saturated rings. The second-order valence-electron chi connectivity index (χ2n) is 4.52. The molecule has 1 aliphatic carbocycles. The molecule has 1 aromatic rings. The van der Waals surface area contributed by atoms with Crippen molar-refractivity contribution in [3.8, 4) is 0 Å². The Balaban J connectivity index is 2.36. The first-order valence-corrected chi connectivity index (χ1v) is 5.99. The van der Waals surface area contributed by atoms with E-state index in [0.717, 1.165) is 29.7 Å². The first kappa shape index (κ1) is 11.4. The van der Waals surface area contributed by atoms with Crippen molar-refractivity contribution in [3.05, 3.63) is 40.9 Å². The molecule has 1 nitrogen and oxygen atoms in total. The van der Waals surface area contributed by atoms with Gasteiger partial charge in [0.05, 0.1) is 0 Å². The van der Waals surface area contributed by atoms with Crippen LogP contribution in [0.25, 0.3) is 5.57 Å². The largest absolute Gasteiger partial charge is 0.303 e. The first-order valence-electron chi connectivity index (χ1n) is 5.61. The lowest BCUT2D eigenvalue weighted by Gasteiger charge is -2.23. The van der Waals surface area contributed by atoms with E-state index in [-0.39, 0.29) is 5.92 Å². The highest BCUT2D eigenvalue weighted by atomic mass is 35.5. The molecule has 84 valence electrons. The minimum absolute atomic E-state index is 0.0509. The van der Waals surface area contributed by atoms with Gasteiger partial charge in [-0.15, -0.1) is 0 Å². The molecule has 0 saturated heterocycles. The molecule has 2 atom stereocenters. The lowest BCUT2D eigenvalue weighted by atomic mass is 9.81. The van der Waals surface area contributed by atoms with E-state index in [1.165, 1.54) is 5.57 Å². The summed E-state index contributed by atoms with van der Waals surface area (Å²) >= 11 is 6.17. The highest BCUT2D eigenvalue weighted by molar-refractivity contribution is 6.32. The zero-order valence-corrected chi connectivity index (χ0v) is 10.1. The quantitative estimate of drug-likeness (QED) is 0.708. The summed E-state index contributed by atoms with van der Waals surface area (Å²) in [5.41, 5.74) is 2.28. The van der Waals surface area contributed by atoms with E-state index in [1.807, 2.05) is 24.3 Å². The number of carbonyl (C=O) groups excluding carboxylic acids is 1. The average Bonchev–Trinajstić information content (AvgIpc) is 2.28. The summed E-state index contributed by atoms with van der Waals surface area (Å²) in [7, 11) is 0. The smallest absolute Gasteiger partial charge is 0.126 e. The van der Waals surface area contributed by atoms with Gasteiger partial charge in [0.15, 0.2) is 0 Å². The molecule has 0 aliphatic heterocycles.